The van der Waals surface area contributed by atoms with Crippen molar-refractivity contribution in [2.75, 3.05) is 31.1 Å². The fraction of sp³-hybridized carbons (Fsp3) is 0.278. The van der Waals surface area contributed by atoms with Crippen molar-refractivity contribution in [1.82, 2.24) is 4.90 Å². The molecule has 3 rings (SSSR count). The molecule has 0 bridgehead atoms. The third-order valence-corrected chi connectivity index (χ3v) is 5.29. The van der Waals surface area contributed by atoms with Crippen LogP contribution in [0.2, 0.25) is 5.02 Å². The zero-order chi connectivity index (χ0) is 16.4. The van der Waals surface area contributed by atoms with Crippen LogP contribution in [0.3, 0.4) is 0 Å². The lowest BCUT2D eigenvalue weighted by molar-refractivity contribution is 0.0746. The summed E-state index contributed by atoms with van der Waals surface area (Å²) in [5, 5.41) is 0.786. The average molecular weight is 394 g/mol. The number of nitrogens with zero attached hydrogens (tertiary/aromatic N) is 2. The number of amides is 1. The maximum absolute atomic E-state index is 12.6. The highest BCUT2D eigenvalue weighted by Gasteiger charge is 2.23. The molecule has 3 nitrogen and oxygen atoms in total. The second kappa shape index (κ2) is 6.93. The highest BCUT2D eigenvalue weighted by molar-refractivity contribution is 9.10. The first kappa shape index (κ1) is 16.3. The SMILES string of the molecule is Cc1ccc(N2CCN(C(=O)c3ccccc3Br)CC2)cc1Cl. The molecule has 1 aliphatic heterocycles. The molecule has 120 valence electrons. The Kier molecular flexibility index (Phi) is 4.93. The van der Waals surface area contributed by atoms with E-state index in [1.165, 1.54) is 0 Å². The maximum Gasteiger partial charge on any atom is 0.255 e. The summed E-state index contributed by atoms with van der Waals surface area (Å²) < 4.78 is 0.845. The van der Waals surface area contributed by atoms with Crippen LogP contribution in [0.25, 0.3) is 0 Å². The van der Waals surface area contributed by atoms with Gasteiger partial charge in [-0.3, -0.25) is 4.79 Å². The smallest absolute Gasteiger partial charge is 0.255 e. The summed E-state index contributed by atoms with van der Waals surface area (Å²) in [7, 11) is 0. The van der Waals surface area contributed by atoms with Gasteiger partial charge in [0, 0.05) is 41.4 Å². The van der Waals surface area contributed by atoms with Crippen LogP contribution in [0.5, 0.6) is 0 Å². The van der Waals surface area contributed by atoms with Crippen LogP contribution >= 0.6 is 27.5 Å². The molecule has 0 N–H and O–H groups in total. The van der Waals surface area contributed by atoms with Crippen molar-refractivity contribution in [3.05, 3.63) is 63.1 Å². The highest BCUT2D eigenvalue weighted by Crippen LogP contribution is 2.25. The molecule has 0 aromatic heterocycles. The van der Waals surface area contributed by atoms with Crippen LogP contribution in [0.4, 0.5) is 5.69 Å². The minimum Gasteiger partial charge on any atom is -0.368 e. The molecule has 0 spiro atoms. The third kappa shape index (κ3) is 3.54. The zero-order valence-electron chi connectivity index (χ0n) is 12.9. The summed E-state index contributed by atoms with van der Waals surface area (Å²) in [6.45, 7) is 5.06. The Morgan fingerprint density at radius 1 is 1.09 bits per heavy atom. The van der Waals surface area contributed by atoms with Crippen molar-refractivity contribution in [3.63, 3.8) is 0 Å². The predicted molar refractivity (Wildman–Crippen MR) is 98.4 cm³/mol. The van der Waals surface area contributed by atoms with E-state index in [9.17, 15) is 4.79 Å². The normalized spacial score (nSPS) is 14.9. The van der Waals surface area contributed by atoms with Crippen LogP contribution < -0.4 is 4.90 Å². The van der Waals surface area contributed by atoms with E-state index in [4.69, 9.17) is 11.6 Å². The van der Waals surface area contributed by atoms with Gasteiger partial charge in [-0.25, -0.2) is 0 Å². The Bertz CT molecular complexity index is 727. The number of hydrogen-bond donors (Lipinski definition) is 0. The van der Waals surface area contributed by atoms with E-state index in [-0.39, 0.29) is 5.91 Å². The lowest BCUT2D eigenvalue weighted by Gasteiger charge is -2.36. The minimum atomic E-state index is 0.0825. The van der Waals surface area contributed by atoms with Crippen LogP contribution in [0, 0.1) is 6.92 Å². The first-order chi connectivity index (χ1) is 11.1. The Morgan fingerprint density at radius 3 is 2.43 bits per heavy atom. The third-order valence-electron chi connectivity index (χ3n) is 4.19. The molecule has 1 saturated heterocycles. The summed E-state index contributed by atoms with van der Waals surface area (Å²) in [4.78, 5) is 16.8. The Morgan fingerprint density at radius 2 is 1.78 bits per heavy atom. The van der Waals surface area contributed by atoms with E-state index in [2.05, 4.69) is 26.9 Å². The molecule has 0 unspecified atom stereocenters. The number of anilines is 1. The largest absolute Gasteiger partial charge is 0.368 e. The van der Waals surface area contributed by atoms with Crippen molar-refractivity contribution >= 4 is 39.1 Å². The first-order valence-corrected chi connectivity index (χ1v) is 8.78. The molecule has 0 saturated carbocycles. The Balaban J connectivity index is 1.67. The molecule has 2 aromatic rings. The van der Waals surface area contributed by atoms with Crippen molar-refractivity contribution < 1.29 is 4.79 Å². The molecule has 1 heterocycles. The van der Waals surface area contributed by atoms with Gasteiger partial charge in [-0.05, 0) is 52.7 Å². The summed E-state index contributed by atoms with van der Waals surface area (Å²) in [6.07, 6.45) is 0. The van der Waals surface area contributed by atoms with E-state index < -0.39 is 0 Å². The maximum atomic E-state index is 12.6. The molecular weight excluding hydrogens is 376 g/mol. The van der Waals surface area contributed by atoms with Crippen LogP contribution in [-0.2, 0) is 0 Å². The van der Waals surface area contributed by atoms with Crippen LogP contribution in [-0.4, -0.2) is 37.0 Å². The van der Waals surface area contributed by atoms with Gasteiger partial charge >= 0.3 is 0 Å². The lowest BCUT2D eigenvalue weighted by atomic mass is 10.1. The molecule has 1 fully saturated rings. The zero-order valence-corrected chi connectivity index (χ0v) is 15.3. The van der Waals surface area contributed by atoms with E-state index in [1.54, 1.807) is 0 Å². The summed E-state index contributed by atoms with van der Waals surface area (Å²) in [5.41, 5.74) is 2.92. The van der Waals surface area contributed by atoms with E-state index in [1.807, 2.05) is 48.2 Å². The topological polar surface area (TPSA) is 23.6 Å². The fourth-order valence-corrected chi connectivity index (χ4v) is 3.38. The van der Waals surface area contributed by atoms with Gasteiger partial charge < -0.3 is 9.80 Å². The van der Waals surface area contributed by atoms with Crippen molar-refractivity contribution in [2.45, 2.75) is 6.92 Å². The van der Waals surface area contributed by atoms with Crippen LogP contribution in [0.15, 0.2) is 46.9 Å². The van der Waals surface area contributed by atoms with Crippen molar-refractivity contribution in [2.24, 2.45) is 0 Å². The number of carbonyl (C=O) groups excluding carboxylic acids is 1. The molecule has 23 heavy (non-hydrogen) atoms. The Labute approximate surface area is 150 Å². The van der Waals surface area contributed by atoms with E-state index in [0.29, 0.717) is 13.1 Å². The number of hydrogen-bond acceptors (Lipinski definition) is 2. The standard InChI is InChI=1S/C18H18BrClN2O/c1-13-6-7-14(12-17(13)20)21-8-10-22(11-9-21)18(23)15-4-2-3-5-16(15)19/h2-7,12H,8-11H2,1H3. The number of piperazine rings is 1. The fourth-order valence-electron chi connectivity index (χ4n) is 2.75. The summed E-state index contributed by atoms with van der Waals surface area (Å²) >= 11 is 9.67. The number of aryl methyl sites for hydroxylation is 1. The number of benzene rings is 2. The lowest BCUT2D eigenvalue weighted by Crippen LogP contribution is -2.48. The number of rotatable bonds is 2. The highest BCUT2D eigenvalue weighted by atomic mass is 79.9. The van der Waals surface area contributed by atoms with Gasteiger partial charge in [-0.2, -0.15) is 0 Å². The quantitative estimate of drug-likeness (QED) is 0.756. The van der Waals surface area contributed by atoms with Gasteiger partial charge in [0.2, 0.25) is 0 Å². The molecule has 1 aliphatic rings. The van der Waals surface area contributed by atoms with Gasteiger partial charge in [-0.15, -0.1) is 0 Å². The van der Waals surface area contributed by atoms with Gasteiger partial charge in [0.05, 0.1) is 5.56 Å². The summed E-state index contributed by atoms with van der Waals surface area (Å²) in [6, 6.07) is 13.7. The number of carbonyl (C=O) groups is 1. The molecule has 0 radical (unpaired) electrons. The van der Waals surface area contributed by atoms with Gasteiger partial charge in [0.1, 0.15) is 0 Å². The second-order valence-electron chi connectivity index (χ2n) is 5.69. The molecule has 1 amide bonds. The molecule has 0 aliphatic carbocycles. The first-order valence-electron chi connectivity index (χ1n) is 7.61. The Hall–Kier alpha value is -1.52. The monoisotopic (exact) mass is 392 g/mol. The molecule has 0 atom stereocenters. The van der Waals surface area contributed by atoms with E-state index in [0.717, 1.165) is 39.4 Å². The minimum absolute atomic E-state index is 0.0825. The summed E-state index contributed by atoms with van der Waals surface area (Å²) in [5.74, 6) is 0.0825. The van der Waals surface area contributed by atoms with Crippen molar-refractivity contribution in [1.29, 1.82) is 0 Å². The van der Waals surface area contributed by atoms with Crippen molar-refractivity contribution in [3.8, 4) is 0 Å². The predicted octanol–water partition coefficient (Wildman–Crippen LogP) is 4.37. The molecule has 2 aromatic carbocycles. The van der Waals surface area contributed by atoms with Gasteiger partial charge in [0.15, 0.2) is 0 Å². The molecule has 5 heteroatoms. The second-order valence-corrected chi connectivity index (χ2v) is 6.95. The van der Waals surface area contributed by atoms with Gasteiger partial charge in [-0.1, -0.05) is 29.8 Å². The van der Waals surface area contributed by atoms with Gasteiger partial charge in [0.25, 0.3) is 5.91 Å². The van der Waals surface area contributed by atoms with E-state index >= 15 is 0 Å². The number of halogens is 2. The average Bonchev–Trinajstić information content (AvgIpc) is 2.57. The molecular formula is C18H18BrClN2O. The van der Waals surface area contributed by atoms with Crippen LogP contribution in [0.1, 0.15) is 15.9 Å².